The molecule has 9 heteroatoms. The van der Waals surface area contributed by atoms with E-state index in [9.17, 15) is 14.7 Å². The molecule has 7 nitrogen and oxygen atoms in total. The SMILES string of the molecule is CCCCC(=O)N1CCN(c2cc(Cl)nc(SCC(=O)[O-])n2)C[C@H]1C. The number of amides is 1. The third kappa shape index (κ3) is 5.74. The van der Waals surface area contributed by atoms with Gasteiger partial charge in [0.2, 0.25) is 5.91 Å². The Bertz CT molecular complexity index is 631. The van der Waals surface area contributed by atoms with Gasteiger partial charge in [-0.2, -0.15) is 0 Å². The second-order valence-electron chi connectivity index (χ2n) is 5.98. The van der Waals surface area contributed by atoms with Crippen molar-refractivity contribution < 1.29 is 14.7 Å². The summed E-state index contributed by atoms with van der Waals surface area (Å²) in [5.41, 5.74) is 0. The highest BCUT2D eigenvalue weighted by Gasteiger charge is 2.28. The van der Waals surface area contributed by atoms with Gasteiger partial charge in [0, 0.05) is 43.9 Å². The Morgan fingerprint density at radius 2 is 2.16 bits per heavy atom. The smallest absolute Gasteiger partial charge is 0.222 e. The zero-order valence-corrected chi connectivity index (χ0v) is 16.0. The van der Waals surface area contributed by atoms with E-state index < -0.39 is 5.97 Å². The molecule has 1 aliphatic heterocycles. The van der Waals surface area contributed by atoms with E-state index in [0.29, 0.717) is 37.0 Å². The van der Waals surface area contributed by atoms with E-state index >= 15 is 0 Å². The summed E-state index contributed by atoms with van der Waals surface area (Å²) in [4.78, 5) is 35.2. The molecule has 0 aliphatic carbocycles. The van der Waals surface area contributed by atoms with E-state index in [1.807, 2.05) is 16.7 Å². The average molecular weight is 386 g/mol. The zero-order valence-electron chi connectivity index (χ0n) is 14.4. The van der Waals surface area contributed by atoms with Crippen LogP contribution in [0.15, 0.2) is 11.2 Å². The van der Waals surface area contributed by atoms with Crippen molar-refractivity contribution in [3.63, 3.8) is 0 Å². The van der Waals surface area contributed by atoms with Crippen molar-refractivity contribution in [2.45, 2.75) is 44.3 Å². The fourth-order valence-corrected chi connectivity index (χ4v) is 3.54. The van der Waals surface area contributed by atoms with E-state index in [0.717, 1.165) is 24.6 Å². The molecule has 25 heavy (non-hydrogen) atoms. The maximum absolute atomic E-state index is 12.3. The number of hydrogen-bond acceptors (Lipinski definition) is 7. The number of aliphatic carboxylic acids is 1. The second kappa shape index (κ2) is 9.24. The molecule has 1 amide bonds. The Morgan fingerprint density at radius 1 is 1.40 bits per heavy atom. The molecule has 2 heterocycles. The lowest BCUT2D eigenvalue weighted by Gasteiger charge is -2.40. The van der Waals surface area contributed by atoms with Gasteiger partial charge in [0.1, 0.15) is 11.0 Å². The van der Waals surface area contributed by atoms with Gasteiger partial charge in [0.15, 0.2) is 5.16 Å². The van der Waals surface area contributed by atoms with Crippen LogP contribution in [-0.4, -0.2) is 58.2 Å². The molecule has 138 valence electrons. The number of thioether (sulfide) groups is 1. The van der Waals surface area contributed by atoms with E-state index in [2.05, 4.69) is 16.9 Å². The zero-order chi connectivity index (χ0) is 18.4. The number of hydrogen-bond donors (Lipinski definition) is 0. The highest BCUT2D eigenvalue weighted by Crippen LogP contribution is 2.24. The third-order valence-corrected chi connectivity index (χ3v) is 5.01. The van der Waals surface area contributed by atoms with Crippen LogP contribution in [0.25, 0.3) is 0 Å². The van der Waals surface area contributed by atoms with Gasteiger partial charge in [-0.25, -0.2) is 9.97 Å². The Balaban J connectivity index is 2.03. The monoisotopic (exact) mass is 385 g/mol. The molecular formula is C16H22ClN4O3S-. The van der Waals surface area contributed by atoms with E-state index in [1.165, 1.54) is 0 Å². The van der Waals surface area contributed by atoms with Gasteiger partial charge in [0.05, 0.1) is 5.97 Å². The average Bonchev–Trinajstić information content (AvgIpc) is 2.57. The maximum Gasteiger partial charge on any atom is 0.222 e. The van der Waals surface area contributed by atoms with Crippen LogP contribution in [-0.2, 0) is 9.59 Å². The van der Waals surface area contributed by atoms with Crippen LogP contribution >= 0.6 is 23.4 Å². The predicted molar refractivity (Wildman–Crippen MR) is 95.7 cm³/mol. The molecular weight excluding hydrogens is 364 g/mol. The number of carbonyl (C=O) groups excluding carboxylic acids is 2. The molecule has 1 saturated heterocycles. The van der Waals surface area contributed by atoms with E-state index in [-0.39, 0.29) is 22.9 Å². The first-order valence-electron chi connectivity index (χ1n) is 8.32. The minimum absolute atomic E-state index is 0.0752. The number of anilines is 1. The summed E-state index contributed by atoms with van der Waals surface area (Å²) in [6.45, 7) is 6.02. The molecule has 0 spiro atoms. The van der Waals surface area contributed by atoms with Gasteiger partial charge < -0.3 is 19.7 Å². The summed E-state index contributed by atoms with van der Waals surface area (Å²) < 4.78 is 0. The van der Waals surface area contributed by atoms with Crippen molar-refractivity contribution in [2.75, 3.05) is 30.3 Å². The van der Waals surface area contributed by atoms with Crippen LogP contribution < -0.4 is 10.0 Å². The minimum Gasteiger partial charge on any atom is -0.549 e. The number of nitrogens with zero attached hydrogens (tertiary/aromatic N) is 4. The number of rotatable bonds is 7. The Kier molecular flexibility index (Phi) is 7.31. The number of piperazine rings is 1. The van der Waals surface area contributed by atoms with Gasteiger partial charge in [-0.15, -0.1) is 0 Å². The fraction of sp³-hybridized carbons (Fsp3) is 0.625. The van der Waals surface area contributed by atoms with Crippen molar-refractivity contribution in [2.24, 2.45) is 0 Å². The Morgan fingerprint density at radius 3 is 2.80 bits per heavy atom. The van der Waals surface area contributed by atoms with Crippen molar-refractivity contribution >= 4 is 41.1 Å². The minimum atomic E-state index is -1.18. The number of carbonyl (C=O) groups is 2. The number of unbranched alkanes of at least 4 members (excludes halogenated alkanes) is 1. The first-order chi connectivity index (χ1) is 11.9. The largest absolute Gasteiger partial charge is 0.549 e. The lowest BCUT2D eigenvalue weighted by molar-refractivity contribution is -0.301. The fourth-order valence-electron chi connectivity index (χ4n) is 2.74. The van der Waals surface area contributed by atoms with Crippen LogP contribution in [0, 0.1) is 0 Å². The van der Waals surface area contributed by atoms with Crippen LogP contribution in [0.2, 0.25) is 5.15 Å². The third-order valence-electron chi connectivity index (χ3n) is 4.00. The number of halogens is 1. The lowest BCUT2D eigenvalue weighted by atomic mass is 10.1. The lowest BCUT2D eigenvalue weighted by Crippen LogP contribution is -2.54. The molecule has 0 aromatic carbocycles. The first kappa shape index (κ1) is 19.8. The van der Waals surface area contributed by atoms with Crippen molar-refractivity contribution in [1.29, 1.82) is 0 Å². The quantitative estimate of drug-likeness (QED) is 0.395. The standard InChI is InChI=1S/C16H23ClN4O3S/c1-3-4-5-14(22)21-7-6-20(9-11(21)2)13-8-12(17)18-16(19-13)25-10-15(23)24/h8,11H,3-7,9-10H2,1-2H3,(H,23,24)/p-1/t11-/m1/s1. The Labute approximate surface area is 156 Å². The molecule has 1 aromatic rings. The van der Waals surface area contributed by atoms with Gasteiger partial charge in [-0.3, -0.25) is 4.79 Å². The first-order valence-corrected chi connectivity index (χ1v) is 9.68. The molecule has 0 N–H and O–H groups in total. The van der Waals surface area contributed by atoms with Crippen molar-refractivity contribution in [3.8, 4) is 0 Å². The van der Waals surface area contributed by atoms with Crippen LogP contribution in [0.4, 0.5) is 5.82 Å². The molecule has 0 bridgehead atoms. The van der Waals surface area contributed by atoms with Gasteiger partial charge >= 0.3 is 0 Å². The molecule has 0 saturated carbocycles. The molecule has 0 unspecified atom stereocenters. The summed E-state index contributed by atoms with van der Waals surface area (Å²) in [7, 11) is 0. The summed E-state index contributed by atoms with van der Waals surface area (Å²) in [6, 6.07) is 1.73. The predicted octanol–water partition coefficient (Wildman–Crippen LogP) is 1.20. The summed E-state index contributed by atoms with van der Waals surface area (Å²) in [5.74, 6) is -0.563. The molecule has 1 aliphatic rings. The van der Waals surface area contributed by atoms with Gasteiger partial charge in [0.25, 0.3) is 0 Å². The number of carboxylic acid groups (broad SMARTS) is 1. The van der Waals surface area contributed by atoms with Crippen LogP contribution in [0.3, 0.4) is 0 Å². The van der Waals surface area contributed by atoms with E-state index in [4.69, 9.17) is 11.6 Å². The van der Waals surface area contributed by atoms with Crippen LogP contribution in [0.5, 0.6) is 0 Å². The molecule has 2 rings (SSSR count). The second-order valence-corrected chi connectivity index (χ2v) is 7.31. The topological polar surface area (TPSA) is 89.5 Å². The number of aromatic nitrogens is 2. The molecule has 1 fully saturated rings. The molecule has 0 radical (unpaired) electrons. The van der Waals surface area contributed by atoms with E-state index in [1.54, 1.807) is 6.07 Å². The van der Waals surface area contributed by atoms with Crippen molar-refractivity contribution in [1.82, 2.24) is 14.9 Å². The summed E-state index contributed by atoms with van der Waals surface area (Å²) in [5, 5.41) is 11.2. The summed E-state index contributed by atoms with van der Waals surface area (Å²) in [6.07, 6.45) is 2.50. The van der Waals surface area contributed by atoms with Crippen LogP contribution in [0.1, 0.15) is 33.1 Å². The maximum atomic E-state index is 12.3. The van der Waals surface area contributed by atoms with Gasteiger partial charge in [-0.05, 0) is 13.3 Å². The summed E-state index contributed by atoms with van der Waals surface area (Å²) >= 11 is 7.01. The van der Waals surface area contributed by atoms with Crippen molar-refractivity contribution in [3.05, 3.63) is 11.2 Å². The normalized spacial score (nSPS) is 17.6. The highest BCUT2D eigenvalue weighted by molar-refractivity contribution is 7.99. The number of carboxylic acids is 1. The molecule has 1 aromatic heterocycles. The Hall–Kier alpha value is -1.54. The van der Waals surface area contributed by atoms with Gasteiger partial charge in [-0.1, -0.05) is 36.7 Å². The molecule has 1 atom stereocenters. The highest BCUT2D eigenvalue weighted by atomic mass is 35.5.